The molecule has 162 valence electrons. The van der Waals surface area contributed by atoms with Crippen LogP contribution in [0, 0.1) is 5.82 Å². The summed E-state index contributed by atoms with van der Waals surface area (Å²) in [5, 5.41) is 15.7. The lowest BCUT2D eigenvalue weighted by molar-refractivity contribution is -0.137. The van der Waals surface area contributed by atoms with Gasteiger partial charge in [-0.15, -0.1) is 0 Å². The number of carbonyl (C=O) groups excluding carboxylic acids is 1. The van der Waals surface area contributed by atoms with E-state index in [9.17, 15) is 19.1 Å². The van der Waals surface area contributed by atoms with E-state index in [4.69, 9.17) is 17.3 Å². The lowest BCUT2D eigenvalue weighted by Gasteiger charge is -2.09. The number of hydrogen-bond donors (Lipinski definition) is 4. The van der Waals surface area contributed by atoms with E-state index in [1.807, 2.05) is 6.07 Å². The number of aliphatic carboxylic acids is 1. The van der Waals surface area contributed by atoms with Gasteiger partial charge in [-0.1, -0.05) is 23.7 Å². The Kier molecular flexibility index (Phi) is 5.75. The Hall–Kier alpha value is -3.24. The molecule has 9 nitrogen and oxygen atoms in total. The molecule has 11 heteroatoms. The first-order chi connectivity index (χ1) is 14.8. The molecule has 0 bridgehead atoms. The molecule has 3 aromatic rings. The first kappa shape index (κ1) is 21.0. The van der Waals surface area contributed by atoms with E-state index in [0.29, 0.717) is 16.6 Å². The average Bonchev–Trinajstić information content (AvgIpc) is 3.41. The number of amides is 1. The van der Waals surface area contributed by atoms with Gasteiger partial charge in [0.15, 0.2) is 0 Å². The van der Waals surface area contributed by atoms with Gasteiger partial charge in [-0.05, 0) is 18.6 Å². The number of nitrogens with two attached hydrogens (primary N) is 1. The lowest BCUT2D eigenvalue weighted by Crippen LogP contribution is -2.35. The van der Waals surface area contributed by atoms with Crippen molar-refractivity contribution < 1.29 is 19.1 Å². The molecule has 1 fully saturated rings. The van der Waals surface area contributed by atoms with Crippen LogP contribution in [0.1, 0.15) is 23.6 Å². The van der Waals surface area contributed by atoms with Crippen LogP contribution in [-0.4, -0.2) is 44.1 Å². The van der Waals surface area contributed by atoms with Gasteiger partial charge in [0.05, 0.1) is 17.0 Å². The highest BCUT2D eigenvalue weighted by Gasteiger charge is 2.41. The number of aromatic nitrogens is 3. The predicted molar refractivity (Wildman–Crippen MR) is 112 cm³/mol. The quantitative estimate of drug-likeness (QED) is 0.413. The second-order valence-corrected chi connectivity index (χ2v) is 7.77. The van der Waals surface area contributed by atoms with Crippen molar-refractivity contribution in [3.63, 3.8) is 0 Å². The molecule has 0 spiro atoms. The number of carboxylic acid groups (broad SMARTS) is 1. The number of halogens is 2. The molecule has 2 heterocycles. The number of rotatable bonds is 8. The number of carbonyl (C=O) groups is 2. The van der Waals surface area contributed by atoms with Gasteiger partial charge >= 0.3 is 5.97 Å². The standard InChI is InChI=1S/C20H20ClFN6O3/c21-13-3-1-2-10(18(13)22)6-25-16(29)7-24-14-4-11(14)15-5-12-19(23)26-9-27-20(12)28(15)8-17(30)31/h1-3,5,9,11,14,24H,4,6-8H2,(H,25,29)(H,30,31)(H2,23,26,27). The van der Waals surface area contributed by atoms with Crippen LogP contribution in [0.25, 0.3) is 11.0 Å². The van der Waals surface area contributed by atoms with Crippen molar-refractivity contribution in [1.82, 2.24) is 25.2 Å². The topological polar surface area (TPSA) is 135 Å². The summed E-state index contributed by atoms with van der Waals surface area (Å²) in [7, 11) is 0. The average molecular weight is 447 g/mol. The number of nitrogens with one attached hydrogen (secondary N) is 2. The number of nitrogens with zero attached hydrogens (tertiary/aromatic N) is 3. The highest BCUT2D eigenvalue weighted by Crippen LogP contribution is 2.43. The maximum Gasteiger partial charge on any atom is 0.323 e. The van der Waals surface area contributed by atoms with Gasteiger partial charge in [0.25, 0.3) is 0 Å². The van der Waals surface area contributed by atoms with Crippen LogP contribution in [-0.2, 0) is 22.7 Å². The Balaban J connectivity index is 1.37. The summed E-state index contributed by atoms with van der Waals surface area (Å²) in [4.78, 5) is 31.6. The maximum absolute atomic E-state index is 13.9. The zero-order valence-electron chi connectivity index (χ0n) is 16.3. The van der Waals surface area contributed by atoms with Crippen LogP contribution in [0.2, 0.25) is 5.02 Å². The lowest BCUT2D eigenvalue weighted by atomic mass is 10.2. The number of nitrogen functional groups attached to an aromatic ring is 1. The maximum atomic E-state index is 13.9. The van der Waals surface area contributed by atoms with Crippen molar-refractivity contribution in [2.75, 3.05) is 12.3 Å². The summed E-state index contributed by atoms with van der Waals surface area (Å²) in [6.45, 7) is -0.166. The Morgan fingerprint density at radius 1 is 1.35 bits per heavy atom. The molecule has 2 aromatic heterocycles. The summed E-state index contributed by atoms with van der Waals surface area (Å²) in [6.07, 6.45) is 2.04. The molecule has 5 N–H and O–H groups in total. The SMILES string of the molecule is Nc1ncnc2c1cc(C1CC1NCC(=O)NCc1cccc(Cl)c1F)n2CC(=O)O. The summed E-state index contributed by atoms with van der Waals surface area (Å²) in [5.41, 5.74) is 7.47. The Labute approximate surface area is 181 Å². The van der Waals surface area contributed by atoms with E-state index in [1.165, 1.54) is 12.4 Å². The van der Waals surface area contributed by atoms with Gasteiger partial charge in [-0.2, -0.15) is 0 Å². The minimum atomic E-state index is -0.992. The fraction of sp³-hybridized carbons (Fsp3) is 0.300. The van der Waals surface area contributed by atoms with E-state index >= 15 is 0 Å². The molecule has 1 saturated carbocycles. The van der Waals surface area contributed by atoms with Crippen LogP contribution in [0.4, 0.5) is 10.2 Å². The Morgan fingerprint density at radius 2 is 2.16 bits per heavy atom. The van der Waals surface area contributed by atoms with Crippen molar-refractivity contribution in [1.29, 1.82) is 0 Å². The number of anilines is 1. The van der Waals surface area contributed by atoms with Crippen molar-refractivity contribution in [3.05, 3.63) is 52.7 Å². The third kappa shape index (κ3) is 4.44. The zero-order valence-corrected chi connectivity index (χ0v) is 17.1. The van der Waals surface area contributed by atoms with Crippen LogP contribution < -0.4 is 16.4 Å². The fourth-order valence-corrected chi connectivity index (χ4v) is 3.82. The zero-order chi connectivity index (χ0) is 22.1. The molecule has 1 aromatic carbocycles. The van der Waals surface area contributed by atoms with E-state index in [1.54, 1.807) is 16.7 Å². The minimum Gasteiger partial charge on any atom is -0.480 e. The third-order valence-corrected chi connectivity index (χ3v) is 5.54. The highest BCUT2D eigenvalue weighted by atomic mass is 35.5. The smallest absolute Gasteiger partial charge is 0.323 e. The number of hydrogen-bond acceptors (Lipinski definition) is 6. The largest absolute Gasteiger partial charge is 0.480 e. The van der Waals surface area contributed by atoms with E-state index in [2.05, 4.69) is 20.6 Å². The van der Waals surface area contributed by atoms with Crippen LogP contribution >= 0.6 is 11.6 Å². The van der Waals surface area contributed by atoms with Crippen LogP contribution in [0.15, 0.2) is 30.6 Å². The van der Waals surface area contributed by atoms with E-state index in [-0.39, 0.29) is 48.3 Å². The van der Waals surface area contributed by atoms with E-state index in [0.717, 1.165) is 12.1 Å². The monoisotopic (exact) mass is 446 g/mol. The molecular formula is C20H20ClFN6O3. The molecule has 4 rings (SSSR count). The minimum absolute atomic E-state index is 0.000281. The number of benzene rings is 1. The molecule has 31 heavy (non-hydrogen) atoms. The number of fused-ring (bicyclic) bond motifs is 1. The number of carboxylic acids is 1. The molecule has 0 saturated heterocycles. The molecular weight excluding hydrogens is 427 g/mol. The van der Waals surface area contributed by atoms with Gasteiger partial charge in [0.2, 0.25) is 5.91 Å². The molecule has 1 aliphatic rings. The van der Waals surface area contributed by atoms with Crippen LogP contribution in [0.5, 0.6) is 0 Å². The molecule has 2 atom stereocenters. The molecule has 2 unspecified atom stereocenters. The van der Waals surface area contributed by atoms with Gasteiger partial charge in [0, 0.05) is 29.8 Å². The van der Waals surface area contributed by atoms with Gasteiger partial charge in [0.1, 0.15) is 30.2 Å². The van der Waals surface area contributed by atoms with Crippen molar-refractivity contribution in [2.24, 2.45) is 0 Å². The Morgan fingerprint density at radius 3 is 2.94 bits per heavy atom. The fourth-order valence-electron chi connectivity index (χ4n) is 3.62. The third-order valence-electron chi connectivity index (χ3n) is 5.25. The summed E-state index contributed by atoms with van der Waals surface area (Å²) < 4.78 is 15.5. The molecule has 0 aliphatic heterocycles. The summed E-state index contributed by atoms with van der Waals surface area (Å²) in [5.74, 6) is -1.52. The predicted octanol–water partition coefficient (Wildman–Crippen LogP) is 1.65. The first-order valence-electron chi connectivity index (χ1n) is 9.59. The normalized spacial score (nSPS) is 17.6. The second-order valence-electron chi connectivity index (χ2n) is 7.36. The molecule has 1 amide bonds. The van der Waals surface area contributed by atoms with Gasteiger partial charge in [-0.3, -0.25) is 9.59 Å². The molecule has 1 aliphatic carbocycles. The van der Waals surface area contributed by atoms with Gasteiger partial charge < -0.3 is 26.0 Å². The Bertz CT molecular complexity index is 1170. The first-order valence-corrected chi connectivity index (χ1v) is 9.97. The highest BCUT2D eigenvalue weighted by molar-refractivity contribution is 6.30. The van der Waals surface area contributed by atoms with Crippen LogP contribution in [0.3, 0.4) is 0 Å². The van der Waals surface area contributed by atoms with Gasteiger partial charge in [-0.25, -0.2) is 14.4 Å². The van der Waals surface area contributed by atoms with Crippen molar-refractivity contribution in [2.45, 2.75) is 31.5 Å². The second kappa shape index (κ2) is 8.48. The van der Waals surface area contributed by atoms with E-state index < -0.39 is 11.8 Å². The van der Waals surface area contributed by atoms with Crippen molar-refractivity contribution in [3.8, 4) is 0 Å². The van der Waals surface area contributed by atoms with Crippen molar-refractivity contribution >= 4 is 40.3 Å². The summed E-state index contributed by atoms with van der Waals surface area (Å²) in [6, 6.07) is 6.43. The summed E-state index contributed by atoms with van der Waals surface area (Å²) >= 11 is 5.74. The molecule has 0 radical (unpaired) electrons.